The normalized spacial score (nSPS) is 10.4. The molecule has 0 radical (unpaired) electrons. The summed E-state index contributed by atoms with van der Waals surface area (Å²) in [6.45, 7) is 4.92. The molecule has 3 nitrogen and oxygen atoms in total. The summed E-state index contributed by atoms with van der Waals surface area (Å²) < 4.78 is 1.96. The smallest absolute Gasteiger partial charge is 0.207 e. The molecule has 0 fully saturated rings. The molecule has 0 unspecified atom stereocenters. The van der Waals surface area contributed by atoms with Crippen LogP contribution >= 0.6 is 11.6 Å². The van der Waals surface area contributed by atoms with Gasteiger partial charge in [0.05, 0.1) is 10.7 Å². The Morgan fingerprint density at radius 1 is 1.44 bits per heavy atom. The average Bonchev–Trinajstić information content (AvgIpc) is 2.70. The first-order valence-electron chi connectivity index (χ1n) is 5.26. The summed E-state index contributed by atoms with van der Waals surface area (Å²) in [5.41, 5.74) is 2.13. The fourth-order valence-electron chi connectivity index (χ4n) is 1.59. The largest absolute Gasteiger partial charge is 0.356 e. The van der Waals surface area contributed by atoms with Gasteiger partial charge < -0.3 is 5.32 Å². The van der Waals surface area contributed by atoms with E-state index in [1.165, 1.54) is 5.56 Å². The quantitative estimate of drug-likeness (QED) is 0.885. The number of aryl methyl sites for hydroxylation is 1. The zero-order chi connectivity index (χ0) is 11.5. The van der Waals surface area contributed by atoms with Gasteiger partial charge in [0.1, 0.15) is 0 Å². The van der Waals surface area contributed by atoms with Gasteiger partial charge in [-0.3, -0.25) is 4.57 Å². The van der Waals surface area contributed by atoms with Crippen molar-refractivity contribution in [3.05, 3.63) is 41.2 Å². The molecule has 0 amide bonds. The number of imidazole rings is 1. The monoisotopic (exact) mass is 235 g/mol. The Hall–Kier alpha value is -1.48. The van der Waals surface area contributed by atoms with Crippen molar-refractivity contribution in [2.24, 2.45) is 0 Å². The fourth-order valence-corrected chi connectivity index (χ4v) is 1.80. The Balaban J connectivity index is 2.49. The van der Waals surface area contributed by atoms with Crippen molar-refractivity contribution >= 4 is 17.5 Å². The molecule has 0 aliphatic rings. The summed E-state index contributed by atoms with van der Waals surface area (Å²) >= 11 is 6.18. The lowest BCUT2D eigenvalue weighted by molar-refractivity contribution is 1.02. The van der Waals surface area contributed by atoms with E-state index in [1.54, 1.807) is 6.20 Å². The van der Waals surface area contributed by atoms with Crippen LogP contribution in [-0.4, -0.2) is 16.1 Å². The van der Waals surface area contributed by atoms with Gasteiger partial charge in [0, 0.05) is 18.9 Å². The molecule has 2 aromatic rings. The molecule has 0 aliphatic carbocycles. The molecule has 84 valence electrons. The van der Waals surface area contributed by atoms with E-state index in [4.69, 9.17) is 11.6 Å². The van der Waals surface area contributed by atoms with Crippen LogP contribution < -0.4 is 5.32 Å². The molecule has 0 aliphatic heterocycles. The summed E-state index contributed by atoms with van der Waals surface area (Å²) in [5, 5.41) is 3.92. The third-order valence-electron chi connectivity index (χ3n) is 2.34. The van der Waals surface area contributed by atoms with Gasteiger partial charge in [-0.2, -0.15) is 0 Å². The van der Waals surface area contributed by atoms with E-state index in [0.29, 0.717) is 0 Å². The van der Waals surface area contributed by atoms with Gasteiger partial charge in [0.25, 0.3) is 0 Å². The highest BCUT2D eigenvalue weighted by Crippen LogP contribution is 2.24. The maximum Gasteiger partial charge on any atom is 0.207 e. The van der Waals surface area contributed by atoms with Crippen molar-refractivity contribution in [3.8, 4) is 5.69 Å². The summed E-state index contributed by atoms with van der Waals surface area (Å²) in [7, 11) is 0. The van der Waals surface area contributed by atoms with Crippen LogP contribution in [0.2, 0.25) is 5.02 Å². The number of nitrogens with one attached hydrogen (secondary N) is 1. The molecule has 16 heavy (non-hydrogen) atoms. The number of halogens is 1. The molecule has 4 heteroatoms. The maximum absolute atomic E-state index is 6.18. The number of hydrogen-bond donors (Lipinski definition) is 1. The van der Waals surface area contributed by atoms with E-state index in [9.17, 15) is 0 Å². The van der Waals surface area contributed by atoms with Gasteiger partial charge >= 0.3 is 0 Å². The zero-order valence-corrected chi connectivity index (χ0v) is 10.1. The number of nitrogens with zero attached hydrogens (tertiary/aromatic N) is 2. The molecule has 0 saturated heterocycles. The summed E-state index contributed by atoms with van der Waals surface area (Å²) in [6.07, 6.45) is 3.66. The van der Waals surface area contributed by atoms with Crippen molar-refractivity contribution in [3.63, 3.8) is 0 Å². The molecular weight excluding hydrogens is 222 g/mol. The molecular formula is C12H14ClN3. The van der Waals surface area contributed by atoms with Crippen LogP contribution in [0.25, 0.3) is 5.69 Å². The van der Waals surface area contributed by atoms with E-state index in [0.717, 1.165) is 23.2 Å². The van der Waals surface area contributed by atoms with E-state index >= 15 is 0 Å². The number of benzene rings is 1. The van der Waals surface area contributed by atoms with Crippen LogP contribution in [0.4, 0.5) is 5.95 Å². The predicted molar refractivity (Wildman–Crippen MR) is 67.5 cm³/mol. The number of aromatic nitrogens is 2. The van der Waals surface area contributed by atoms with Gasteiger partial charge in [-0.05, 0) is 31.5 Å². The summed E-state index contributed by atoms with van der Waals surface area (Å²) in [6, 6.07) is 5.95. The predicted octanol–water partition coefficient (Wildman–Crippen LogP) is 3.27. The SMILES string of the molecule is CCNc1nccn1-c1cc(C)ccc1Cl. The second kappa shape index (κ2) is 4.58. The van der Waals surface area contributed by atoms with Crippen LogP contribution in [0.15, 0.2) is 30.6 Å². The van der Waals surface area contributed by atoms with E-state index in [-0.39, 0.29) is 0 Å². The molecule has 1 N–H and O–H groups in total. The lowest BCUT2D eigenvalue weighted by Crippen LogP contribution is -2.05. The van der Waals surface area contributed by atoms with Gasteiger partial charge in [-0.1, -0.05) is 17.7 Å². The number of rotatable bonds is 3. The van der Waals surface area contributed by atoms with E-state index < -0.39 is 0 Å². The van der Waals surface area contributed by atoms with Crippen molar-refractivity contribution in [2.45, 2.75) is 13.8 Å². The van der Waals surface area contributed by atoms with Gasteiger partial charge in [0.2, 0.25) is 5.95 Å². The Bertz CT molecular complexity index is 491. The molecule has 0 spiro atoms. The molecule has 1 aromatic carbocycles. The fraction of sp³-hybridized carbons (Fsp3) is 0.250. The van der Waals surface area contributed by atoms with Crippen LogP contribution in [0, 0.1) is 6.92 Å². The minimum Gasteiger partial charge on any atom is -0.356 e. The molecule has 0 saturated carbocycles. The highest BCUT2D eigenvalue weighted by atomic mass is 35.5. The van der Waals surface area contributed by atoms with Gasteiger partial charge in [-0.15, -0.1) is 0 Å². The first-order valence-corrected chi connectivity index (χ1v) is 5.64. The average molecular weight is 236 g/mol. The van der Waals surface area contributed by atoms with Crippen molar-refractivity contribution in [1.82, 2.24) is 9.55 Å². The third-order valence-corrected chi connectivity index (χ3v) is 2.66. The maximum atomic E-state index is 6.18. The minimum atomic E-state index is 0.725. The highest BCUT2D eigenvalue weighted by Gasteiger charge is 2.07. The Morgan fingerprint density at radius 3 is 3.00 bits per heavy atom. The van der Waals surface area contributed by atoms with Crippen LogP contribution in [0.5, 0.6) is 0 Å². The molecule has 1 heterocycles. The zero-order valence-electron chi connectivity index (χ0n) is 9.37. The molecule has 1 aromatic heterocycles. The van der Waals surface area contributed by atoms with Crippen LogP contribution in [0.3, 0.4) is 0 Å². The number of hydrogen-bond acceptors (Lipinski definition) is 2. The van der Waals surface area contributed by atoms with Crippen LogP contribution in [0.1, 0.15) is 12.5 Å². The van der Waals surface area contributed by atoms with Gasteiger partial charge in [-0.25, -0.2) is 4.98 Å². The lowest BCUT2D eigenvalue weighted by atomic mass is 10.2. The van der Waals surface area contributed by atoms with Crippen molar-refractivity contribution in [1.29, 1.82) is 0 Å². The first-order chi connectivity index (χ1) is 7.72. The molecule has 2 rings (SSSR count). The van der Waals surface area contributed by atoms with Crippen molar-refractivity contribution in [2.75, 3.05) is 11.9 Å². The third kappa shape index (κ3) is 2.04. The lowest BCUT2D eigenvalue weighted by Gasteiger charge is -2.10. The van der Waals surface area contributed by atoms with Crippen molar-refractivity contribution < 1.29 is 0 Å². The van der Waals surface area contributed by atoms with Crippen LogP contribution in [-0.2, 0) is 0 Å². The second-order valence-electron chi connectivity index (χ2n) is 3.61. The molecule has 0 atom stereocenters. The molecule has 0 bridgehead atoms. The topological polar surface area (TPSA) is 29.9 Å². The second-order valence-corrected chi connectivity index (χ2v) is 4.01. The summed E-state index contributed by atoms with van der Waals surface area (Å²) in [4.78, 5) is 4.25. The van der Waals surface area contributed by atoms with E-state index in [2.05, 4.69) is 10.3 Å². The van der Waals surface area contributed by atoms with E-state index in [1.807, 2.05) is 42.8 Å². The Labute approximate surface area is 100 Å². The first kappa shape index (κ1) is 11.0. The van der Waals surface area contributed by atoms with Gasteiger partial charge in [0.15, 0.2) is 0 Å². The minimum absolute atomic E-state index is 0.725. The standard InChI is InChI=1S/C12H14ClN3/c1-3-14-12-15-6-7-16(12)11-8-9(2)4-5-10(11)13/h4-8H,3H2,1-2H3,(H,14,15). The highest BCUT2D eigenvalue weighted by molar-refractivity contribution is 6.32. The number of anilines is 1. The Kier molecular flexibility index (Phi) is 3.15. The summed E-state index contributed by atoms with van der Waals surface area (Å²) in [5.74, 6) is 0.815. The Morgan fingerprint density at radius 2 is 2.25 bits per heavy atom.